The summed E-state index contributed by atoms with van der Waals surface area (Å²) in [6.45, 7) is 0. The van der Waals surface area contributed by atoms with Crippen molar-refractivity contribution >= 4 is 11.4 Å². The van der Waals surface area contributed by atoms with Crippen LogP contribution in [0.25, 0.3) is 0 Å². The lowest BCUT2D eigenvalue weighted by molar-refractivity contribution is -0.0124. The van der Waals surface area contributed by atoms with Gasteiger partial charge in [-0.05, 0) is 42.5 Å². The number of hydrogen-bond donors (Lipinski definition) is 2. The Labute approximate surface area is 140 Å². The fraction of sp³-hybridized carbons (Fsp3) is 0.100. The standard InChI is InChI=1S/C20H17FN2O/c21-20(24-19-9-8-17(22)14-18(19)23)12-10-16(11-13-20)7-6-15-4-2-1-3-5-15/h1-5,8-12,14H,13,22-23H2. The summed E-state index contributed by atoms with van der Waals surface area (Å²) in [6.07, 6.45) is 4.75. The Balaban J connectivity index is 1.70. The Kier molecular flexibility index (Phi) is 4.26. The second kappa shape index (κ2) is 6.51. The summed E-state index contributed by atoms with van der Waals surface area (Å²) in [4.78, 5) is 0. The molecule has 0 radical (unpaired) electrons. The van der Waals surface area contributed by atoms with E-state index in [4.69, 9.17) is 16.2 Å². The largest absolute Gasteiger partial charge is 0.452 e. The highest BCUT2D eigenvalue weighted by Crippen LogP contribution is 2.33. The predicted molar refractivity (Wildman–Crippen MR) is 94.9 cm³/mol. The third-order valence-electron chi connectivity index (χ3n) is 3.55. The second-order valence-electron chi connectivity index (χ2n) is 5.50. The van der Waals surface area contributed by atoms with Gasteiger partial charge in [0.1, 0.15) is 5.75 Å². The summed E-state index contributed by atoms with van der Waals surface area (Å²) in [7, 11) is 0. The lowest BCUT2D eigenvalue weighted by Crippen LogP contribution is -2.29. The van der Waals surface area contributed by atoms with Crippen LogP contribution in [-0.2, 0) is 0 Å². The van der Waals surface area contributed by atoms with Gasteiger partial charge >= 0.3 is 0 Å². The monoisotopic (exact) mass is 320 g/mol. The van der Waals surface area contributed by atoms with E-state index in [2.05, 4.69) is 11.8 Å². The van der Waals surface area contributed by atoms with E-state index in [1.54, 1.807) is 24.3 Å². The minimum Gasteiger partial charge on any atom is -0.452 e. The van der Waals surface area contributed by atoms with Gasteiger partial charge in [-0.15, -0.1) is 0 Å². The molecular weight excluding hydrogens is 303 g/mol. The quantitative estimate of drug-likeness (QED) is 0.653. The molecule has 4 heteroatoms. The van der Waals surface area contributed by atoms with Gasteiger partial charge in [-0.2, -0.15) is 4.39 Å². The Hall–Kier alpha value is -3.19. The molecule has 2 aromatic carbocycles. The minimum absolute atomic E-state index is 0.0616. The Morgan fingerprint density at radius 1 is 1.04 bits per heavy atom. The van der Waals surface area contributed by atoms with Gasteiger partial charge in [0, 0.05) is 23.2 Å². The first-order valence-electron chi connectivity index (χ1n) is 7.53. The summed E-state index contributed by atoms with van der Waals surface area (Å²) in [5.41, 5.74) is 13.9. The fourth-order valence-electron chi connectivity index (χ4n) is 2.28. The van der Waals surface area contributed by atoms with Crippen LogP contribution in [0.1, 0.15) is 12.0 Å². The third kappa shape index (κ3) is 3.76. The van der Waals surface area contributed by atoms with Gasteiger partial charge in [-0.25, -0.2) is 0 Å². The van der Waals surface area contributed by atoms with Gasteiger partial charge in [0.15, 0.2) is 0 Å². The maximum atomic E-state index is 14.8. The number of nitrogens with two attached hydrogens (primary N) is 2. The zero-order chi connectivity index (χ0) is 17.0. The van der Waals surface area contributed by atoms with E-state index < -0.39 is 5.85 Å². The molecule has 0 saturated carbocycles. The number of halogens is 1. The van der Waals surface area contributed by atoms with Gasteiger partial charge in [0.25, 0.3) is 5.85 Å². The fourth-order valence-corrected chi connectivity index (χ4v) is 2.28. The van der Waals surface area contributed by atoms with Crippen molar-refractivity contribution in [2.75, 3.05) is 11.5 Å². The van der Waals surface area contributed by atoms with Crippen molar-refractivity contribution in [2.24, 2.45) is 0 Å². The van der Waals surface area contributed by atoms with Gasteiger partial charge in [0.05, 0.1) is 5.69 Å². The molecule has 0 aromatic heterocycles. The number of nitrogen functional groups attached to an aromatic ring is 2. The molecule has 24 heavy (non-hydrogen) atoms. The first-order chi connectivity index (χ1) is 11.5. The molecule has 0 spiro atoms. The van der Waals surface area contributed by atoms with Gasteiger partial charge in [0.2, 0.25) is 0 Å². The van der Waals surface area contributed by atoms with Gasteiger partial charge < -0.3 is 16.2 Å². The number of hydrogen-bond acceptors (Lipinski definition) is 3. The van der Waals surface area contributed by atoms with Crippen LogP contribution in [0.4, 0.5) is 15.8 Å². The SMILES string of the molecule is Nc1ccc(OC2(F)C=CC(C#Cc3ccccc3)=CC2)c(N)c1. The van der Waals surface area contributed by atoms with E-state index in [-0.39, 0.29) is 12.2 Å². The topological polar surface area (TPSA) is 61.3 Å². The lowest BCUT2D eigenvalue weighted by atomic mass is 10.0. The van der Waals surface area contributed by atoms with Crippen molar-refractivity contribution in [3.63, 3.8) is 0 Å². The van der Waals surface area contributed by atoms with E-state index in [1.165, 1.54) is 12.1 Å². The molecule has 4 N–H and O–H groups in total. The zero-order valence-electron chi connectivity index (χ0n) is 13.0. The summed E-state index contributed by atoms with van der Waals surface area (Å²) < 4.78 is 20.2. The molecule has 0 saturated heterocycles. The molecule has 1 unspecified atom stereocenters. The number of anilines is 2. The smallest absolute Gasteiger partial charge is 0.271 e. The third-order valence-corrected chi connectivity index (χ3v) is 3.55. The number of ether oxygens (including phenoxy) is 1. The maximum absolute atomic E-state index is 14.8. The molecule has 3 rings (SSSR count). The van der Waals surface area contributed by atoms with Crippen LogP contribution in [0.3, 0.4) is 0 Å². The lowest BCUT2D eigenvalue weighted by Gasteiger charge is -2.25. The number of allylic oxidation sites excluding steroid dienone is 2. The van der Waals surface area contributed by atoms with Crippen molar-refractivity contribution in [1.82, 2.24) is 0 Å². The Bertz CT molecular complexity index is 862. The molecule has 0 bridgehead atoms. The summed E-state index contributed by atoms with van der Waals surface area (Å²) >= 11 is 0. The number of benzene rings is 2. The van der Waals surface area contributed by atoms with Crippen LogP contribution in [0.5, 0.6) is 5.75 Å². The summed E-state index contributed by atoms with van der Waals surface area (Å²) in [5, 5.41) is 0. The van der Waals surface area contributed by atoms with Crippen molar-refractivity contribution in [2.45, 2.75) is 12.3 Å². The van der Waals surface area contributed by atoms with Crippen LogP contribution in [0.15, 0.2) is 72.3 Å². The average Bonchev–Trinajstić information content (AvgIpc) is 2.58. The molecular formula is C20H17FN2O. The molecule has 0 aliphatic heterocycles. The molecule has 0 heterocycles. The van der Waals surface area contributed by atoms with Crippen LogP contribution in [-0.4, -0.2) is 5.85 Å². The number of rotatable bonds is 2. The zero-order valence-corrected chi connectivity index (χ0v) is 13.0. The van der Waals surface area contributed by atoms with E-state index in [0.717, 1.165) is 11.1 Å². The second-order valence-corrected chi connectivity index (χ2v) is 5.50. The van der Waals surface area contributed by atoms with E-state index in [1.807, 2.05) is 30.3 Å². The first-order valence-corrected chi connectivity index (χ1v) is 7.53. The molecule has 0 amide bonds. The molecule has 0 fully saturated rings. The molecule has 1 atom stereocenters. The average molecular weight is 320 g/mol. The molecule has 2 aromatic rings. The molecule has 120 valence electrons. The van der Waals surface area contributed by atoms with Crippen LogP contribution in [0.2, 0.25) is 0 Å². The molecule has 1 aliphatic rings. The van der Waals surface area contributed by atoms with Crippen LogP contribution in [0, 0.1) is 11.8 Å². The maximum Gasteiger partial charge on any atom is 0.271 e. The van der Waals surface area contributed by atoms with E-state index in [0.29, 0.717) is 11.4 Å². The summed E-state index contributed by atoms with van der Waals surface area (Å²) in [5.74, 6) is 4.38. The predicted octanol–water partition coefficient (Wildman–Crippen LogP) is 3.83. The molecule has 3 nitrogen and oxygen atoms in total. The normalized spacial score (nSPS) is 19.1. The highest BCUT2D eigenvalue weighted by Gasteiger charge is 2.30. The van der Waals surface area contributed by atoms with Crippen molar-refractivity contribution in [3.05, 3.63) is 77.9 Å². The number of alkyl halides is 1. The van der Waals surface area contributed by atoms with E-state index >= 15 is 0 Å². The van der Waals surface area contributed by atoms with Crippen molar-refractivity contribution < 1.29 is 9.13 Å². The van der Waals surface area contributed by atoms with Gasteiger partial charge in [-0.1, -0.05) is 36.1 Å². The minimum atomic E-state index is -1.94. The molecule has 1 aliphatic carbocycles. The van der Waals surface area contributed by atoms with E-state index in [9.17, 15) is 4.39 Å². The Morgan fingerprint density at radius 3 is 2.50 bits per heavy atom. The first kappa shape index (κ1) is 15.7. The highest BCUT2D eigenvalue weighted by atomic mass is 19.2. The highest BCUT2D eigenvalue weighted by molar-refractivity contribution is 5.60. The Morgan fingerprint density at radius 2 is 1.83 bits per heavy atom. The van der Waals surface area contributed by atoms with Crippen molar-refractivity contribution in [3.8, 4) is 17.6 Å². The summed E-state index contributed by atoms with van der Waals surface area (Å²) in [6, 6.07) is 14.3. The van der Waals surface area contributed by atoms with Crippen molar-refractivity contribution in [1.29, 1.82) is 0 Å². The van der Waals surface area contributed by atoms with Crippen LogP contribution < -0.4 is 16.2 Å². The van der Waals surface area contributed by atoms with Gasteiger partial charge in [-0.3, -0.25) is 0 Å². The van der Waals surface area contributed by atoms with Crippen LogP contribution >= 0.6 is 0 Å².